The fourth-order valence-corrected chi connectivity index (χ4v) is 2.63. The number of carboxylic acid groups (broad SMARTS) is 1. The summed E-state index contributed by atoms with van der Waals surface area (Å²) in [6.07, 6.45) is 2.83. The third-order valence-corrected chi connectivity index (χ3v) is 3.87. The number of hydrogen-bond donors (Lipinski definition) is 3. The Hall–Kier alpha value is -2.08. The Labute approximate surface area is 123 Å². The first-order chi connectivity index (χ1) is 10.0. The lowest BCUT2D eigenvalue weighted by Crippen LogP contribution is -2.37. The second-order valence-corrected chi connectivity index (χ2v) is 5.25. The van der Waals surface area contributed by atoms with Crippen molar-refractivity contribution in [2.24, 2.45) is 0 Å². The molecule has 1 saturated carbocycles. The van der Waals surface area contributed by atoms with Crippen molar-refractivity contribution in [3.05, 3.63) is 29.3 Å². The summed E-state index contributed by atoms with van der Waals surface area (Å²) in [5.74, 6) is -1.00. The van der Waals surface area contributed by atoms with Crippen LogP contribution >= 0.6 is 0 Å². The van der Waals surface area contributed by atoms with Crippen molar-refractivity contribution >= 4 is 17.7 Å². The van der Waals surface area contributed by atoms with E-state index in [9.17, 15) is 9.59 Å². The van der Waals surface area contributed by atoms with Crippen LogP contribution in [0, 0.1) is 6.92 Å². The molecule has 114 valence electrons. The van der Waals surface area contributed by atoms with Crippen molar-refractivity contribution < 1.29 is 19.4 Å². The third-order valence-electron chi connectivity index (χ3n) is 3.87. The first-order valence-electron chi connectivity index (χ1n) is 6.94. The zero-order valence-electron chi connectivity index (χ0n) is 12.2. The van der Waals surface area contributed by atoms with Crippen LogP contribution in [0.15, 0.2) is 18.2 Å². The highest BCUT2D eigenvalue weighted by molar-refractivity contribution is 5.95. The van der Waals surface area contributed by atoms with Crippen LogP contribution in [0.25, 0.3) is 0 Å². The minimum atomic E-state index is -1.00. The first kappa shape index (κ1) is 15.3. The maximum Gasteiger partial charge on any atom is 0.336 e. The molecule has 0 saturated heterocycles. The van der Waals surface area contributed by atoms with Gasteiger partial charge < -0.3 is 20.5 Å². The molecule has 1 aliphatic rings. The van der Waals surface area contributed by atoms with Crippen LogP contribution in [0.4, 0.5) is 10.5 Å². The van der Waals surface area contributed by atoms with Crippen LogP contribution in [0.1, 0.15) is 35.2 Å². The van der Waals surface area contributed by atoms with Gasteiger partial charge in [-0.15, -0.1) is 0 Å². The van der Waals surface area contributed by atoms with Crippen LogP contribution < -0.4 is 10.6 Å². The number of carboxylic acids is 1. The molecule has 0 heterocycles. The Kier molecular flexibility index (Phi) is 4.80. The Morgan fingerprint density at radius 1 is 1.33 bits per heavy atom. The van der Waals surface area contributed by atoms with Gasteiger partial charge in [-0.25, -0.2) is 9.59 Å². The molecule has 3 N–H and O–H groups in total. The lowest BCUT2D eigenvalue weighted by molar-refractivity contribution is 0.0696. The maximum absolute atomic E-state index is 12.0. The van der Waals surface area contributed by atoms with E-state index in [1.807, 2.05) is 0 Å². The molecule has 21 heavy (non-hydrogen) atoms. The van der Waals surface area contributed by atoms with Crippen molar-refractivity contribution in [2.75, 3.05) is 12.4 Å². The number of aromatic carboxylic acids is 1. The van der Waals surface area contributed by atoms with Crippen LogP contribution in [-0.4, -0.2) is 36.4 Å². The molecule has 0 radical (unpaired) electrons. The minimum absolute atomic E-state index is 0.0953. The van der Waals surface area contributed by atoms with Gasteiger partial charge in [0, 0.05) is 18.8 Å². The second kappa shape index (κ2) is 6.58. The average molecular weight is 292 g/mol. The Morgan fingerprint density at radius 2 is 2.10 bits per heavy atom. The lowest BCUT2D eigenvalue weighted by Gasteiger charge is -2.15. The number of carbonyl (C=O) groups is 2. The fraction of sp³-hybridized carbons (Fsp3) is 0.467. The van der Waals surface area contributed by atoms with Crippen molar-refractivity contribution in [3.8, 4) is 0 Å². The number of hydrogen-bond acceptors (Lipinski definition) is 3. The summed E-state index contributed by atoms with van der Waals surface area (Å²) in [5, 5.41) is 14.7. The van der Waals surface area contributed by atoms with E-state index in [-0.39, 0.29) is 23.7 Å². The van der Waals surface area contributed by atoms with Crippen LogP contribution in [0.2, 0.25) is 0 Å². The topological polar surface area (TPSA) is 87.7 Å². The van der Waals surface area contributed by atoms with Gasteiger partial charge >= 0.3 is 12.0 Å². The molecule has 1 aromatic carbocycles. The van der Waals surface area contributed by atoms with Gasteiger partial charge in [-0.2, -0.15) is 0 Å². The molecule has 0 bridgehead atoms. The molecule has 1 aromatic rings. The van der Waals surface area contributed by atoms with E-state index >= 15 is 0 Å². The van der Waals surface area contributed by atoms with E-state index in [4.69, 9.17) is 9.84 Å². The number of amides is 2. The number of carbonyl (C=O) groups excluding carboxylic acids is 1. The zero-order chi connectivity index (χ0) is 15.4. The van der Waals surface area contributed by atoms with Crippen LogP contribution in [0.3, 0.4) is 0 Å². The fourth-order valence-electron chi connectivity index (χ4n) is 2.63. The van der Waals surface area contributed by atoms with Crippen molar-refractivity contribution in [3.63, 3.8) is 0 Å². The average Bonchev–Trinajstić information content (AvgIpc) is 2.88. The molecule has 2 rings (SSSR count). The number of benzene rings is 1. The number of nitrogens with one attached hydrogen (secondary N) is 2. The van der Waals surface area contributed by atoms with E-state index in [1.165, 1.54) is 6.07 Å². The molecule has 0 spiro atoms. The van der Waals surface area contributed by atoms with Gasteiger partial charge in [0.25, 0.3) is 0 Å². The predicted octanol–water partition coefficient (Wildman–Crippen LogP) is 2.38. The van der Waals surface area contributed by atoms with E-state index < -0.39 is 5.97 Å². The maximum atomic E-state index is 12.0. The molecular weight excluding hydrogens is 272 g/mol. The van der Waals surface area contributed by atoms with E-state index in [2.05, 4.69) is 10.6 Å². The summed E-state index contributed by atoms with van der Waals surface area (Å²) < 4.78 is 5.27. The smallest absolute Gasteiger partial charge is 0.336 e. The van der Waals surface area contributed by atoms with Crippen molar-refractivity contribution in [1.82, 2.24) is 5.32 Å². The highest BCUT2D eigenvalue weighted by Gasteiger charge is 2.25. The minimum Gasteiger partial charge on any atom is -0.478 e. The molecule has 1 aliphatic carbocycles. The first-order valence-corrected chi connectivity index (χ1v) is 6.94. The second-order valence-electron chi connectivity index (χ2n) is 5.25. The molecule has 1 fully saturated rings. The summed E-state index contributed by atoms with van der Waals surface area (Å²) >= 11 is 0. The standard InChI is InChI=1S/C15H20N2O4/c1-9-12(14(18)19)4-3-5-13(9)17-15(20)16-10-6-7-11(8-10)21-2/h3-5,10-11H,6-8H2,1-2H3,(H,18,19)(H2,16,17,20). The molecule has 0 aromatic heterocycles. The van der Waals surface area contributed by atoms with Gasteiger partial charge in [0.15, 0.2) is 0 Å². The lowest BCUT2D eigenvalue weighted by atomic mass is 10.1. The number of ether oxygens (including phenoxy) is 1. The summed E-state index contributed by atoms with van der Waals surface area (Å²) in [5.41, 5.74) is 1.24. The summed E-state index contributed by atoms with van der Waals surface area (Å²) in [4.78, 5) is 23.1. The molecular formula is C15H20N2O4. The highest BCUT2D eigenvalue weighted by Crippen LogP contribution is 2.22. The summed E-state index contributed by atoms with van der Waals surface area (Å²) in [7, 11) is 1.67. The Balaban J connectivity index is 1.97. The van der Waals surface area contributed by atoms with Gasteiger partial charge in [0.2, 0.25) is 0 Å². The van der Waals surface area contributed by atoms with Crippen molar-refractivity contribution in [2.45, 2.75) is 38.3 Å². The van der Waals surface area contributed by atoms with E-state index in [0.717, 1.165) is 19.3 Å². The predicted molar refractivity (Wildman–Crippen MR) is 78.7 cm³/mol. The Morgan fingerprint density at radius 3 is 2.71 bits per heavy atom. The zero-order valence-corrected chi connectivity index (χ0v) is 12.2. The van der Waals surface area contributed by atoms with Crippen LogP contribution in [0.5, 0.6) is 0 Å². The van der Waals surface area contributed by atoms with E-state index in [0.29, 0.717) is 11.3 Å². The number of anilines is 1. The highest BCUT2D eigenvalue weighted by atomic mass is 16.5. The third kappa shape index (κ3) is 3.72. The molecule has 2 unspecified atom stereocenters. The molecule has 2 atom stereocenters. The molecule has 2 amide bonds. The normalized spacial score (nSPS) is 21.0. The SMILES string of the molecule is COC1CCC(NC(=O)Nc2cccc(C(=O)O)c2C)C1. The van der Waals surface area contributed by atoms with Gasteiger partial charge in [0.05, 0.1) is 11.7 Å². The van der Waals surface area contributed by atoms with Gasteiger partial charge in [-0.1, -0.05) is 6.07 Å². The summed E-state index contributed by atoms with van der Waals surface area (Å²) in [6.45, 7) is 1.68. The van der Waals surface area contributed by atoms with E-state index in [1.54, 1.807) is 26.2 Å². The number of methoxy groups -OCH3 is 1. The van der Waals surface area contributed by atoms with Gasteiger partial charge in [-0.05, 0) is 43.9 Å². The Bertz CT molecular complexity index is 544. The molecule has 6 heteroatoms. The molecule has 6 nitrogen and oxygen atoms in total. The monoisotopic (exact) mass is 292 g/mol. The van der Waals surface area contributed by atoms with Gasteiger partial charge in [0.1, 0.15) is 0 Å². The summed E-state index contributed by atoms with van der Waals surface area (Å²) in [6, 6.07) is 4.59. The number of urea groups is 1. The number of rotatable bonds is 4. The largest absolute Gasteiger partial charge is 0.478 e. The quantitative estimate of drug-likeness (QED) is 0.795. The molecule has 0 aliphatic heterocycles. The van der Waals surface area contributed by atoms with Crippen LogP contribution in [-0.2, 0) is 4.74 Å². The van der Waals surface area contributed by atoms with Gasteiger partial charge in [-0.3, -0.25) is 0 Å². The van der Waals surface area contributed by atoms with Crippen molar-refractivity contribution in [1.29, 1.82) is 0 Å².